The molecule has 0 aliphatic carbocycles. The summed E-state index contributed by atoms with van der Waals surface area (Å²) in [5, 5.41) is 0. The van der Waals surface area contributed by atoms with E-state index in [0.29, 0.717) is 6.42 Å². The van der Waals surface area contributed by atoms with Gasteiger partial charge < -0.3 is 4.90 Å². The lowest BCUT2D eigenvalue weighted by atomic mass is 9.91. The predicted octanol–water partition coefficient (Wildman–Crippen LogP) is 4.25. The van der Waals surface area contributed by atoms with E-state index in [0.717, 1.165) is 18.5 Å². The molecular formula is C18H19NO. The molecule has 1 aliphatic rings. The third-order valence-corrected chi connectivity index (χ3v) is 4.03. The highest BCUT2D eigenvalue weighted by atomic mass is 16.2. The molecule has 2 heteroatoms. The Hall–Kier alpha value is -2.09. The summed E-state index contributed by atoms with van der Waals surface area (Å²) in [5.74, 6) is 0.232. The van der Waals surface area contributed by atoms with Crippen LogP contribution in [0.2, 0.25) is 0 Å². The molecule has 102 valence electrons. The van der Waals surface area contributed by atoms with Crippen LogP contribution in [0.5, 0.6) is 0 Å². The summed E-state index contributed by atoms with van der Waals surface area (Å²) in [6, 6.07) is 18.6. The molecule has 20 heavy (non-hydrogen) atoms. The number of para-hydroxylation sites is 1. The number of aryl methyl sites for hydroxylation is 1. The van der Waals surface area contributed by atoms with Crippen molar-refractivity contribution in [2.75, 3.05) is 4.90 Å². The summed E-state index contributed by atoms with van der Waals surface area (Å²) in [4.78, 5) is 14.4. The Bertz CT molecular complexity index is 606. The molecule has 1 atom stereocenters. The van der Waals surface area contributed by atoms with Crippen molar-refractivity contribution in [2.24, 2.45) is 0 Å². The zero-order chi connectivity index (χ0) is 13.9. The highest BCUT2D eigenvalue weighted by Crippen LogP contribution is 2.36. The number of piperidine rings is 1. The van der Waals surface area contributed by atoms with E-state index >= 15 is 0 Å². The smallest absolute Gasteiger partial charge is 0.227 e. The molecule has 0 spiro atoms. The van der Waals surface area contributed by atoms with Crippen LogP contribution in [-0.4, -0.2) is 5.91 Å². The zero-order valence-corrected chi connectivity index (χ0v) is 11.8. The molecule has 1 saturated heterocycles. The molecule has 3 rings (SSSR count). The number of carbonyl (C=O) groups excluding carboxylic acids is 1. The Morgan fingerprint density at radius 2 is 1.70 bits per heavy atom. The van der Waals surface area contributed by atoms with Crippen molar-refractivity contribution in [3.05, 3.63) is 65.7 Å². The Labute approximate surface area is 120 Å². The van der Waals surface area contributed by atoms with Gasteiger partial charge in [0.2, 0.25) is 5.91 Å². The minimum absolute atomic E-state index is 0.167. The number of hydrogen-bond donors (Lipinski definition) is 0. The number of carbonyl (C=O) groups is 1. The molecule has 0 saturated carbocycles. The lowest BCUT2D eigenvalue weighted by Crippen LogP contribution is -2.38. The number of anilines is 1. The van der Waals surface area contributed by atoms with Crippen LogP contribution in [0.15, 0.2) is 54.6 Å². The van der Waals surface area contributed by atoms with Gasteiger partial charge in [-0.15, -0.1) is 0 Å². The molecule has 2 aromatic rings. The van der Waals surface area contributed by atoms with Crippen LogP contribution in [0.4, 0.5) is 5.69 Å². The fraction of sp³-hybridized carbons (Fsp3) is 0.278. The second kappa shape index (κ2) is 5.49. The lowest BCUT2D eigenvalue weighted by Gasteiger charge is -2.36. The Morgan fingerprint density at radius 3 is 2.45 bits per heavy atom. The van der Waals surface area contributed by atoms with Crippen molar-refractivity contribution in [1.29, 1.82) is 0 Å². The molecule has 0 radical (unpaired) electrons. The zero-order valence-electron chi connectivity index (χ0n) is 11.8. The van der Waals surface area contributed by atoms with Crippen LogP contribution < -0.4 is 4.90 Å². The van der Waals surface area contributed by atoms with Crippen molar-refractivity contribution in [2.45, 2.75) is 32.2 Å². The van der Waals surface area contributed by atoms with Crippen LogP contribution >= 0.6 is 0 Å². The Morgan fingerprint density at radius 1 is 1.00 bits per heavy atom. The summed E-state index contributed by atoms with van der Waals surface area (Å²) >= 11 is 0. The van der Waals surface area contributed by atoms with E-state index in [4.69, 9.17) is 0 Å². The monoisotopic (exact) mass is 265 g/mol. The molecule has 1 heterocycles. The van der Waals surface area contributed by atoms with Crippen molar-refractivity contribution >= 4 is 11.6 Å². The average molecular weight is 265 g/mol. The first kappa shape index (κ1) is 12.9. The molecule has 0 aromatic heterocycles. The Balaban J connectivity index is 2.04. The van der Waals surface area contributed by atoms with E-state index in [-0.39, 0.29) is 11.9 Å². The van der Waals surface area contributed by atoms with E-state index < -0.39 is 0 Å². The fourth-order valence-corrected chi connectivity index (χ4v) is 3.04. The van der Waals surface area contributed by atoms with Gasteiger partial charge in [-0.3, -0.25) is 4.79 Å². The number of nitrogens with zero attached hydrogens (tertiary/aromatic N) is 1. The summed E-state index contributed by atoms with van der Waals surface area (Å²) < 4.78 is 0. The molecule has 2 aromatic carbocycles. The maximum Gasteiger partial charge on any atom is 0.227 e. The van der Waals surface area contributed by atoms with Gasteiger partial charge in [-0.2, -0.15) is 0 Å². The molecule has 1 amide bonds. The number of rotatable bonds is 2. The standard InChI is InChI=1S/C18H19NO/c1-14-8-5-6-11-16(14)17-12-7-13-18(20)19(17)15-9-3-2-4-10-15/h2-6,8-11,17H,7,12-13H2,1H3. The van der Waals surface area contributed by atoms with Gasteiger partial charge in [0.1, 0.15) is 0 Å². The molecule has 1 aliphatic heterocycles. The second-order valence-corrected chi connectivity index (χ2v) is 5.36. The summed E-state index contributed by atoms with van der Waals surface area (Å²) in [6.45, 7) is 2.12. The van der Waals surface area contributed by atoms with E-state index in [9.17, 15) is 4.79 Å². The highest BCUT2D eigenvalue weighted by molar-refractivity contribution is 5.94. The van der Waals surface area contributed by atoms with Gasteiger partial charge in [-0.25, -0.2) is 0 Å². The topological polar surface area (TPSA) is 20.3 Å². The van der Waals surface area contributed by atoms with Crippen LogP contribution in [0.1, 0.15) is 36.4 Å². The van der Waals surface area contributed by atoms with Gasteiger partial charge in [0.05, 0.1) is 6.04 Å². The molecule has 0 N–H and O–H groups in total. The third kappa shape index (κ3) is 2.34. The fourth-order valence-electron chi connectivity index (χ4n) is 3.04. The van der Waals surface area contributed by atoms with Crippen molar-refractivity contribution < 1.29 is 4.79 Å². The SMILES string of the molecule is Cc1ccccc1C1CCCC(=O)N1c1ccccc1. The Kier molecular flexibility index (Phi) is 3.55. The normalized spacial score (nSPS) is 19.1. The average Bonchev–Trinajstić information content (AvgIpc) is 2.48. The van der Waals surface area contributed by atoms with E-state index in [1.165, 1.54) is 11.1 Å². The second-order valence-electron chi connectivity index (χ2n) is 5.36. The van der Waals surface area contributed by atoms with E-state index in [2.05, 4.69) is 31.2 Å². The first-order valence-corrected chi connectivity index (χ1v) is 7.20. The maximum atomic E-state index is 12.4. The number of amides is 1. The summed E-state index contributed by atoms with van der Waals surface area (Å²) in [7, 11) is 0. The molecule has 2 nitrogen and oxygen atoms in total. The van der Waals surface area contributed by atoms with Crippen LogP contribution in [0.25, 0.3) is 0 Å². The molecular weight excluding hydrogens is 246 g/mol. The lowest BCUT2D eigenvalue weighted by molar-refractivity contribution is -0.120. The van der Waals surface area contributed by atoms with Crippen LogP contribution in [-0.2, 0) is 4.79 Å². The number of hydrogen-bond acceptors (Lipinski definition) is 1. The van der Waals surface area contributed by atoms with Gasteiger partial charge in [-0.1, -0.05) is 42.5 Å². The first-order valence-electron chi connectivity index (χ1n) is 7.20. The van der Waals surface area contributed by atoms with Crippen LogP contribution in [0, 0.1) is 6.92 Å². The van der Waals surface area contributed by atoms with Crippen LogP contribution in [0.3, 0.4) is 0 Å². The summed E-state index contributed by atoms with van der Waals surface area (Å²) in [5.41, 5.74) is 3.53. The first-order chi connectivity index (χ1) is 9.77. The van der Waals surface area contributed by atoms with Gasteiger partial charge in [-0.05, 0) is 43.0 Å². The maximum absolute atomic E-state index is 12.4. The van der Waals surface area contributed by atoms with E-state index in [1.807, 2.05) is 35.2 Å². The quantitative estimate of drug-likeness (QED) is 0.794. The van der Waals surface area contributed by atoms with Crippen molar-refractivity contribution in [3.63, 3.8) is 0 Å². The van der Waals surface area contributed by atoms with Gasteiger partial charge in [0.15, 0.2) is 0 Å². The van der Waals surface area contributed by atoms with Crippen molar-refractivity contribution in [3.8, 4) is 0 Å². The minimum Gasteiger partial charge on any atom is -0.305 e. The predicted molar refractivity (Wildman–Crippen MR) is 81.7 cm³/mol. The van der Waals surface area contributed by atoms with Gasteiger partial charge in [0.25, 0.3) is 0 Å². The molecule has 1 unspecified atom stereocenters. The van der Waals surface area contributed by atoms with E-state index in [1.54, 1.807) is 0 Å². The minimum atomic E-state index is 0.167. The molecule has 1 fully saturated rings. The highest BCUT2D eigenvalue weighted by Gasteiger charge is 2.30. The summed E-state index contributed by atoms with van der Waals surface area (Å²) in [6.07, 6.45) is 2.66. The largest absolute Gasteiger partial charge is 0.305 e. The molecule has 0 bridgehead atoms. The van der Waals surface area contributed by atoms with Gasteiger partial charge >= 0.3 is 0 Å². The van der Waals surface area contributed by atoms with Gasteiger partial charge in [0, 0.05) is 12.1 Å². The number of benzene rings is 2. The van der Waals surface area contributed by atoms with Crippen molar-refractivity contribution in [1.82, 2.24) is 0 Å². The third-order valence-electron chi connectivity index (χ3n) is 4.03.